The van der Waals surface area contributed by atoms with Crippen molar-refractivity contribution in [3.63, 3.8) is 0 Å². The molecule has 1 aromatic carbocycles. The molecule has 20 heavy (non-hydrogen) atoms. The second kappa shape index (κ2) is 6.90. The molecule has 0 spiro atoms. The highest BCUT2D eigenvalue weighted by atomic mass is 35.5. The van der Waals surface area contributed by atoms with Crippen molar-refractivity contribution in [1.82, 2.24) is 9.80 Å². The number of hydrogen-bond acceptors (Lipinski definition) is 3. The number of likely N-dealkylation sites (N-methyl/N-ethyl adjacent to an activating group) is 1. The van der Waals surface area contributed by atoms with Crippen molar-refractivity contribution in [1.29, 1.82) is 0 Å². The van der Waals surface area contributed by atoms with E-state index >= 15 is 0 Å². The molecule has 1 heterocycles. The lowest BCUT2D eigenvalue weighted by Gasteiger charge is -2.23. The van der Waals surface area contributed by atoms with E-state index in [0.29, 0.717) is 17.0 Å². The highest BCUT2D eigenvalue weighted by Crippen LogP contribution is 2.24. The molecule has 0 amide bonds. The van der Waals surface area contributed by atoms with Gasteiger partial charge in [-0.3, -0.25) is 0 Å². The van der Waals surface area contributed by atoms with Crippen LogP contribution in [0.5, 0.6) is 0 Å². The number of halogens is 1. The summed E-state index contributed by atoms with van der Waals surface area (Å²) in [6.07, 6.45) is 0.329. The molecule has 112 valence electrons. The van der Waals surface area contributed by atoms with Gasteiger partial charge in [0.05, 0.1) is 6.10 Å². The fourth-order valence-electron chi connectivity index (χ4n) is 3.09. The van der Waals surface area contributed by atoms with Gasteiger partial charge in [-0.05, 0) is 44.1 Å². The van der Waals surface area contributed by atoms with Crippen LogP contribution in [0.4, 0.5) is 0 Å². The van der Waals surface area contributed by atoms with E-state index in [1.165, 1.54) is 0 Å². The highest BCUT2D eigenvalue weighted by molar-refractivity contribution is 6.30. The number of likely N-dealkylation sites (tertiary alicyclic amines) is 1. The van der Waals surface area contributed by atoms with E-state index in [2.05, 4.69) is 30.8 Å². The predicted octanol–water partition coefficient (Wildman–Crippen LogP) is 2.65. The number of benzene rings is 1. The molecule has 3 nitrogen and oxygen atoms in total. The van der Waals surface area contributed by atoms with E-state index in [1.807, 2.05) is 24.3 Å². The minimum atomic E-state index is -0.428. The third-order valence-electron chi connectivity index (χ3n) is 4.26. The largest absolute Gasteiger partial charge is 0.388 e. The van der Waals surface area contributed by atoms with Crippen LogP contribution in [0.15, 0.2) is 24.3 Å². The predicted molar refractivity (Wildman–Crippen MR) is 84.1 cm³/mol. The summed E-state index contributed by atoms with van der Waals surface area (Å²) in [5.41, 5.74) is 0.911. The monoisotopic (exact) mass is 296 g/mol. The van der Waals surface area contributed by atoms with Crippen molar-refractivity contribution < 1.29 is 5.11 Å². The van der Waals surface area contributed by atoms with Gasteiger partial charge in [0.1, 0.15) is 0 Å². The molecule has 0 saturated carbocycles. The van der Waals surface area contributed by atoms with Crippen LogP contribution in [0.1, 0.15) is 25.0 Å². The van der Waals surface area contributed by atoms with Gasteiger partial charge >= 0.3 is 0 Å². The van der Waals surface area contributed by atoms with Crippen LogP contribution in [-0.4, -0.2) is 54.7 Å². The molecule has 1 aromatic rings. The Morgan fingerprint density at radius 1 is 1.40 bits per heavy atom. The van der Waals surface area contributed by atoms with Crippen LogP contribution in [0.25, 0.3) is 0 Å². The minimum absolute atomic E-state index is 0.428. The standard InChI is InChI=1S/C16H25ClN2O/c1-12-10-19(11-15(12)18(2)3)8-7-16(20)13-5-4-6-14(17)9-13/h4-6,9,12,15-16,20H,7-8,10-11H2,1-3H3. The summed E-state index contributed by atoms with van der Waals surface area (Å²) in [6.45, 7) is 5.45. The lowest BCUT2D eigenvalue weighted by atomic mass is 10.1. The first-order valence-electron chi connectivity index (χ1n) is 7.29. The maximum absolute atomic E-state index is 10.3. The van der Waals surface area contributed by atoms with Gasteiger partial charge < -0.3 is 14.9 Å². The average Bonchev–Trinajstić information content (AvgIpc) is 2.77. The summed E-state index contributed by atoms with van der Waals surface area (Å²) in [5.74, 6) is 0.688. The Balaban J connectivity index is 1.84. The van der Waals surface area contributed by atoms with E-state index < -0.39 is 6.10 Å². The van der Waals surface area contributed by atoms with Crippen LogP contribution in [0, 0.1) is 5.92 Å². The summed E-state index contributed by atoms with van der Waals surface area (Å²) >= 11 is 5.96. The topological polar surface area (TPSA) is 26.7 Å². The zero-order chi connectivity index (χ0) is 14.7. The summed E-state index contributed by atoms with van der Waals surface area (Å²) in [7, 11) is 4.29. The maximum Gasteiger partial charge on any atom is 0.0802 e. The molecule has 3 unspecified atom stereocenters. The van der Waals surface area contributed by atoms with Gasteiger partial charge in [-0.15, -0.1) is 0 Å². The maximum atomic E-state index is 10.3. The third kappa shape index (κ3) is 3.95. The van der Waals surface area contributed by atoms with Crippen molar-refractivity contribution in [3.8, 4) is 0 Å². The van der Waals surface area contributed by atoms with Crippen LogP contribution in [-0.2, 0) is 0 Å². The van der Waals surface area contributed by atoms with Crippen molar-refractivity contribution in [2.75, 3.05) is 33.7 Å². The summed E-state index contributed by atoms with van der Waals surface area (Å²) in [6, 6.07) is 8.13. The Morgan fingerprint density at radius 3 is 2.75 bits per heavy atom. The summed E-state index contributed by atoms with van der Waals surface area (Å²) in [4.78, 5) is 4.75. The van der Waals surface area contributed by atoms with Gasteiger partial charge in [0.15, 0.2) is 0 Å². The van der Waals surface area contributed by atoms with Gasteiger partial charge in [-0.1, -0.05) is 30.7 Å². The van der Waals surface area contributed by atoms with E-state index in [-0.39, 0.29) is 0 Å². The van der Waals surface area contributed by atoms with Crippen molar-refractivity contribution in [2.45, 2.75) is 25.5 Å². The van der Waals surface area contributed by atoms with Crippen LogP contribution in [0.2, 0.25) is 5.02 Å². The lowest BCUT2D eigenvalue weighted by Crippen LogP contribution is -2.34. The number of aliphatic hydroxyl groups excluding tert-OH is 1. The molecule has 2 rings (SSSR count). The molecule has 1 aliphatic heterocycles. The molecule has 1 N–H and O–H groups in total. The Hall–Kier alpha value is -0.610. The van der Waals surface area contributed by atoms with Crippen LogP contribution < -0.4 is 0 Å². The first-order chi connectivity index (χ1) is 9.47. The molecule has 3 atom stereocenters. The summed E-state index contributed by atoms with van der Waals surface area (Å²) in [5, 5.41) is 10.9. The van der Waals surface area contributed by atoms with Crippen molar-refractivity contribution in [2.24, 2.45) is 5.92 Å². The normalized spacial score (nSPS) is 25.3. The van der Waals surface area contributed by atoms with Gasteiger partial charge in [0, 0.05) is 30.7 Å². The Kier molecular flexibility index (Phi) is 5.44. The first kappa shape index (κ1) is 15.8. The molecule has 0 aliphatic carbocycles. The third-order valence-corrected chi connectivity index (χ3v) is 4.50. The molecule has 0 bridgehead atoms. The van der Waals surface area contributed by atoms with Crippen molar-refractivity contribution >= 4 is 11.6 Å². The number of hydrogen-bond donors (Lipinski definition) is 1. The van der Waals surface area contributed by atoms with Gasteiger partial charge in [-0.25, -0.2) is 0 Å². The van der Waals surface area contributed by atoms with E-state index in [9.17, 15) is 5.11 Å². The molecular weight excluding hydrogens is 272 g/mol. The lowest BCUT2D eigenvalue weighted by molar-refractivity contribution is 0.146. The van der Waals surface area contributed by atoms with Gasteiger partial charge in [0.25, 0.3) is 0 Å². The zero-order valence-corrected chi connectivity index (χ0v) is 13.3. The zero-order valence-electron chi connectivity index (χ0n) is 12.6. The number of aliphatic hydroxyl groups is 1. The van der Waals surface area contributed by atoms with E-state index in [4.69, 9.17) is 11.6 Å². The smallest absolute Gasteiger partial charge is 0.0802 e. The Labute approximate surface area is 127 Å². The molecule has 4 heteroatoms. The minimum Gasteiger partial charge on any atom is -0.388 e. The second-order valence-electron chi connectivity index (χ2n) is 6.13. The average molecular weight is 297 g/mol. The quantitative estimate of drug-likeness (QED) is 0.905. The molecule has 1 saturated heterocycles. The van der Waals surface area contributed by atoms with Crippen LogP contribution in [0.3, 0.4) is 0 Å². The Bertz CT molecular complexity index is 438. The highest BCUT2D eigenvalue weighted by Gasteiger charge is 2.30. The van der Waals surface area contributed by atoms with E-state index in [1.54, 1.807) is 0 Å². The molecular formula is C16H25ClN2O. The number of nitrogens with zero attached hydrogens (tertiary/aromatic N) is 2. The Morgan fingerprint density at radius 2 is 2.15 bits per heavy atom. The molecule has 1 fully saturated rings. The molecule has 1 aliphatic rings. The molecule has 0 aromatic heterocycles. The summed E-state index contributed by atoms with van der Waals surface area (Å²) < 4.78 is 0. The molecule has 0 radical (unpaired) electrons. The van der Waals surface area contributed by atoms with Crippen LogP contribution >= 0.6 is 11.6 Å². The van der Waals surface area contributed by atoms with Gasteiger partial charge in [-0.2, -0.15) is 0 Å². The fourth-order valence-corrected chi connectivity index (χ4v) is 3.29. The van der Waals surface area contributed by atoms with Gasteiger partial charge in [0.2, 0.25) is 0 Å². The van der Waals surface area contributed by atoms with Crippen molar-refractivity contribution in [3.05, 3.63) is 34.9 Å². The number of rotatable bonds is 5. The van der Waals surface area contributed by atoms with E-state index in [0.717, 1.165) is 31.6 Å². The SMILES string of the molecule is CC1CN(CCC(O)c2cccc(Cl)c2)CC1N(C)C. The fraction of sp³-hybridized carbons (Fsp3) is 0.625. The first-order valence-corrected chi connectivity index (χ1v) is 7.67. The second-order valence-corrected chi connectivity index (χ2v) is 6.56.